The van der Waals surface area contributed by atoms with Crippen molar-refractivity contribution in [2.45, 2.75) is 63.5 Å². The number of nitrogens with zero attached hydrogens (tertiary/aromatic N) is 2. The standard InChI is InChI=1S/C16H25N2/c1-17-12-10-16(11-13-17)18(14-6-2-3-7-14)15-8-4-5-9-15/h10-15H,2-9H2,1H3/q+1. The lowest BCUT2D eigenvalue weighted by molar-refractivity contribution is -0.671. The zero-order valence-corrected chi connectivity index (χ0v) is 11.5. The van der Waals surface area contributed by atoms with E-state index in [2.05, 4.69) is 41.0 Å². The Bertz CT molecular complexity index is 357. The van der Waals surface area contributed by atoms with Crippen LogP contribution < -0.4 is 9.47 Å². The van der Waals surface area contributed by atoms with E-state index >= 15 is 0 Å². The molecule has 18 heavy (non-hydrogen) atoms. The van der Waals surface area contributed by atoms with Gasteiger partial charge < -0.3 is 4.90 Å². The van der Waals surface area contributed by atoms with E-state index in [4.69, 9.17) is 0 Å². The number of pyridine rings is 1. The Morgan fingerprint density at radius 1 is 0.889 bits per heavy atom. The maximum atomic E-state index is 2.76. The molecule has 2 aliphatic rings. The van der Waals surface area contributed by atoms with Gasteiger partial charge in [0.05, 0.1) is 0 Å². The third-order valence-corrected chi connectivity index (χ3v) is 4.70. The second-order valence-corrected chi connectivity index (χ2v) is 6.01. The first kappa shape index (κ1) is 12.0. The van der Waals surface area contributed by atoms with E-state index in [1.807, 2.05) is 0 Å². The summed E-state index contributed by atoms with van der Waals surface area (Å²) in [5, 5.41) is 0. The minimum Gasteiger partial charge on any atom is -0.365 e. The number of hydrogen-bond donors (Lipinski definition) is 0. The van der Waals surface area contributed by atoms with Crippen LogP contribution in [-0.4, -0.2) is 12.1 Å². The molecule has 2 nitrogen and oxygen atoms in total. The van der Waals surface area contributed by atoms with Crippen molar-refractivity contribution >= 4 is 5.69 Å². The molecule has 0 N–H and O–H groups in total. The van der Waals surface area contributed by atoms with Crippen molar-refractivity contribution in [3.05, 3.63) is 24.5 Å². The van der Waals surface area contributed by atoms with Crippen molar-refractivity contribution in [3.63, 3.8) is 0 Å². The molecule has 1 heterocycles. The van der Waals surface area contributed by atoms with E-state index in [-0.39, 0.29) is 0 Å². The highest BCUT2D eigenvalue weighted by molar-refractivity contribution is 5.46. The van der Waals surface area contributed by atoms with Gasteiger partial charge in [0.1, 0.15) is 7.05 Å². The highest BCUT2D eigenvalue weighted by Gasteiger charge is 2.30. The van der Waals surface area contributed by atoms with Crippen LogP contribution in [-0.2, 0) is 7.05 Å². The zero-order valence-electron chi connectivity index (χ0n) is 11.5. The Kier molecular flexibility index (Phi) is 3.53. The molecule has 1 aromatic heterocycles. The molecule has 2 fully saturated rings. The van der Waals surface area contributed by atoms with Gasteiger partial charge in [-0.3, -0.25) is 0 Å². The Morgan fingerprint density at radius 3 is 1.78 bits per heavy atom. The van der Waals surface area contributed by atoms with Gasteiger partial charge in [-0.1, -0.05) is 25.7 Å². The SMILES string of the molecule is C[n+]1ccc(N(C2CCCC2)C2CCCC2)cc1. The molecule has 2 heteroatoms. The van der Waals surface area contributed by atoms with Gasteiger partial charge in [-0.2, -0.15) is 0 Å². The topological polar surface area (TPSA) is 7.12 Å². The minimum absolute atomic E-state index is 0.806. The fourth-order valence-corrected chi connectivity index (χ4v) is 3.75. The van der Waals surface area contributed by atoms with Crippen LogP contribution in [0.4, 0.5) is 5.69 Å². The predicted molar refractivity (Wildman–Crippen MR) is 74.6 cm³/mol. The van der Waals surface area contributed by atoms with Crippen LogP contribution >= 0.6 is 0 Å². The Labute approximate surface area is 111 Å². The van der Waals surface area contributed by atoms with Gasteiger partial charge in [-0.15, -0.1) is 0 Å². The molecule has 3 rings (SSSR count). The first-order valence-corrected chi connectivity index (χ1v) is 7.58. The molecular formula is C16H25N2+. The lowest BCUT2D eigenvalue weighted by Crippen LogP contribution is -2.41. The van der Waals surface area contributed by atoms with Gasteiger partial charge in [0.15, 0.2) is 12.4 Å². The molecule has 0 aliphatic heterocycles. The number of rotatable bonds is 3. The Hall–Kier alpha value is -1.05. The summed E-state index contributed by atoms with van der Waals surface area (Å²) in [5.74, 6) is 0. The summed E-state index contributed by atoms with van der Waals surface area (Å²) < 4.78 is 2.13. The van der Waals surface area contributed by atoms with Crippen molar-refractivity contribution in [2.24, 2.45) is 7.05 Å². The van der Waals surface area contributed by atoms with Gasteiger partial charge in [0, 0.05) is 29.9 Å². The average molecular weight is 245 g/mol. The van der Waals surface area contributed by atoms with E-state index in [0.717, 1.165) is 12.1 Å². The van der Waals surface area contributed by atoms with Crippen molar-refractivity contribution in [2.75, 3.05) is 4.90 Å². The van der Waals surface area contributed by atoms with E-state index in [1.165, 1.54) is 57.1 Å². The zero-order chi connectivity index (χ0) is 12.4. The average Bonchev–Trinajstić information content (AvgIpc) is 3.06. The maximum Gasteiger partial charge on any atom is 0.170 e. The van der Waals surface area contributed by atoms with Gasteiger partial charge >= 0.3 is 0 Å². The highest BCUT2D eigenvalue weighted by Crippen LogP contribution is 2.34. The highest BCUT2D eigenvalue weighted by atomic mass is 15.2. The number of anilines is 1. The van der Waals surface area contributed by atoms with E-state index in [0.29, 0.717) is 0 Å². The third-order valence-electron chi connectivity index (χ3n) is 4.70. The first-order chi connectivity index (χ1) is 8.84. The van der Waals surface area contributed by atoms with Crippen molar-refractivity contribution in [1.82, 2.24) is 0 Å². The van der Waals surface area contributed by atoms with Crippen molar-refractivity contribution in [3.8, 4) is 0 Å². The number of hydrogen-bond acceptors (Lipinski definition) is 1. The lowest BCUT2D eigenvalue weighted by atomic mass is 10.1. The summed E-state index contributed by atoms with van der Waals surface area (Å²) in [5.41, 5.74) is 1.45. The summed E-state index contributed by atoms with van der Waals surface area (Å²) in [6.07, 6.45) is 15.7. The van der Waals surface area contributed by atoms with Crippen LogP contribution in [0.25, 0.3) is 0 Å². The number of aromatic nitrogens is 1. The van der Waals surface area contributed by atoms with Crippen LogP contribution in [0, 0.1) is 0 Å². The Balaban J connectivity index is 1.85. The summed E-state index contributed by atoms with van der Waals surface area (Å²) in [6, 6.07) is 6.22. The van der Waals surface area contributed by atoms with Crippen LogP contribution in [0.5, 0.6) is 0 Å². The van der Waals surface area contributed by atoms with Crippen molar-refractivity contribution in [1.29, 1.82) is 0 Å². The Morgan fingerprint density at radius 2 is 1.33 bits per heavy atom. The van der Waals surface area contributed by atoms with Gasteiger partial charge in [-0.25, -0.2) is 4.57 Å². The molecule has 98 valence electrons. The molecule has 2 aliphatic carbocycles. The van der Waals surface area contributed by atoms with Crippen LogP contribution in [0.3, 0.4) is 0 Å². The molecule has 0 spiro atoms. The first-order valence-electron chi connectivity index (χ1n) is 7.58. The van der Waals surface area contributed by atoms with E-state index in [9.17, 15) is 0 Å². The second-order valence-electron chi connectivity index (χ2n) is 6.01. The fourth-order valence-electron chi connectivity index (χ4n) is 3.75. The van der Waals surface area contributed by atoms with Crippen molar-refractivity contribution < 1.29 is 4.57 Å². The molecule has 1 aromatic rings. The molecule has 0 saturated heterocycles. The van der Waals surface area contributed by atoms with Crippen LogP contribution in [0.15, 0.2) is 24.5 Å². The molecule has 0 aromatic carbocycles. The summed E-state index contributed by atoms with van der Waals surface area (Å²) in [7, 11) is 2.10. The lowest BCUT2D eigenvalue weighted by Gasteiger charge is -2.36. The summed E-state index contributed by atoms with van der Waals surface area (Å²) in [6.45, 7) is 0. The van der Waals surface area contributed by atoms with E-state index in [1.54, 1.807) is 0 Å². The van der Waals surface area contributed by atoms with Crippen LogP contribution in [0.2, 0.25) is 0 Å². The third kappa shape index (κ3) is 2.38. The largest absolute Gasteiger partial charge is 0.365 e. The predicted octanol–water partition coefficient (Wildman–Crippen LogP) is 3.20. The quantitative estimate of drug-likeness (QED) is 0.742. The minimum atomic E-state index is 0.806. The molecule has 0 bridgehead atoms. The second kappa shape index (κ2) is 5.29. The molecule has 0 unspecified atom stereocenters. The fraction of sp³-hybridized carbons (Fsp3) is 0.688. The molecule has 0 amide bonds. The smallest absolute Gasteiger partial charge is 0.170 e. The molecular weight excluding hydrogens is 220 g/mol. The van der Waals surface area contributed by atoms with Gasteiger partial charge in [0.2, 0.25) is 0 Å². The normalized spacial score (nSPS) is 21.6. The summed E-state index contributed by atoms with van der Waals surface area (Å²) in [4.78, 5) is 2.76. The van der Waals surface area contributed by atoms with Gasteiger partial charge in [0.25, 0.3) is 0 Å². The molecule has 0 radical (unpaired) electrons. The number of aryl methyl sites for hydroxylation is 1. The summed E-state index contributed by atoms with van der Waals surface area (Å²) >= 11 is 0. The monoisotopic (exact) mass is 245 g/mol. The van der Waals surface area contributed by atoms with E-state index < -0.39 is 0 Å². The van der Waals surface area contributed by atoms with Gasteiger partial charge in [-0.05, 0) is 25.7 Å². The molecule has 2 saturated carbocycles. The maximum absolute atomic E-state index is 2.76. The molecule has 0 atom stereocenters. The van der Waals surface area contributed by atoms with Crippen LogP contribution in [0.1, 0.15) is 51.4 Å².